The summed E-state index contributed by atoms with van der Waals surface area (Å²) in [5, 5.41) is 11.6. The minimum Gasteiger partial charge on any atom is -0.478 e. The Labute approximate surface area is 99.6 Å². The molecule has 0 saturated carbocycles. The van der Waals surface area contributed by atoms with Gasteiger partial charge in [-0.25, -0.2) is 4.79 Å². The molecule has 0 fully saturated rings. The number of rotatable bonds is 4. The largest absolute Gasteiger partial charge is 0.478 e. The fraction of sp³-hybridized carbons (Fsp3) is 0.333. The molecule has 4 N–H and O–H groups in total. The molecule has 1 aromatic carbocycles. The van der Waals surface area contributed by atoms with Crippen LogP contribution in [0.25, 0.3) is 0 Å². The van der Waals surface area contributed by atoms with Crippen LogP contribution < -0.4 is 11.1 Å². The van der Waals surface area contributed by atoms with Crippen LogP contribution in [0.2, 0.25) is 0 Å². The Balaban J connectivity index is 3.03. The van der Waals surface area contributed by atoms with Gasteiger partial charge in [-0.2, -0.15) is 0 Å². The molecule has 1 unspecified atom stereocenters. The number of aromatic carboxylic acids is 1. The molecule has 5 nitrogen and oxygen atoms in total. The number of aryl methyl sites for hydroxylation is 1. The van der Waals surface area contributed by atoms with Gasteiger partial charge in [0.1, 0.15) is 0 Å². The van der Waals surface area contributed by atoms with E-state index in [9.17, 15) is 9.59 Å². The molecular formula is C12H16N2O3. The second-order valence-electron chi connectivity index (χ2n) is 3.81. The Kier molecular flexibility index (Phi) is 4.23. The zero-order chi connectivity index (χ0) is 13.0. The summed E-state index contributed by atoms with van der Waals surface area (Å²) in [6, 6.07) is 4.29. The van der Waals surface area contributed by atoms with Crippen LogP contribution in [-0.2, 0) is 4.79 Å². The summed E-state index contributed by atoms with van der Waals surface area (Å²) < 4.78 is 0. The summed E-state index contributed by atoms with van der Waals surface area (Å²) in [4.78, 5) is 22.7. The van der Waals surface area contributed by atoms with Gasteiger partial charge in [0, 0.05) is 0 Å². The van der Waals surface area contributed by atoms with Crippen LogP contribution in [-0.4, -0.2) is 23.0 Å². The van der Waals surface area contributed by atoms with Crippen molar-refractivity contribution in [2.45, 2.75) is 26.3 Å². The van der Waals surface area contributed by atoms with E-state index in [1.54, 1.807) is 32.0 Å². The van der Waals surface area contributed by atoms with Crippen LogP contribution in [0.3, 0.4) is 0 Å². The van der Waals surface area contributed by atoms with E-state index >= 15 is 0 Å². The summed E-state index contributed by atoms with van der Waals surface area (Å²) in [6.07, 6.45) is 0.500. The first-order valence-electron chi connectivity index (χ1n) is 5.36. The highest BCUT2D eigenvalue weighted by Gasteiger charge is 2.17. The number of carbonyl (C=O) groups is 2. The van der Waals surface area contributed by atoms with Gasteiger partial charge >= 0.3 is 5.97 Å². The maximum absolute atomic E-state index is 11.6. The molecule has 17 heavy (non-hydrogen) atoms. The number of carbonyl (C=O) groups excluding carboxylic acids is 1. The van der Waals surface area contributed by atoms with Crippen molar-refractivity contribution in [3.8, 4) is 0 Å². The van der Waals surface area contributed by atoms with Gasteiger partial charge in [-0.1, -0.05) is 19.1 Å². The standard InChI is InChI=1S/C12H16N2O3/c1-3-8(13)11(15)14-9-6-4-5-7(2)10(9)12(16)17/h4-6,8H,3,13H2,1-2H3,(H,14,15)(H,16,17). The Morgan fingerprint density at radius 3 is 2.65 bits per heavy atom. The lowest BCUT2D eigenvalue weighted by atomic mass is 10.1. The summed E-state index contributed by atoms with van der Waals surface area (Å²) in [5.41, 5.74) is 6.55. The van der Waals surface area contributed by atoms with Crippen LogP contribution in [0.1, 0.15) is 29.3 Å². The Bertz CT molecular complexity index is 443. The van der Waals surface area contributed by atoms with Gasteiger partial charge in [-0.3, -0.25) is 4.79 Å². The van der Waals surface area contributed by atoms with E-state index in [2.05, 4.69) is 5.32 Å². The third-order valence-electron chi connectivity index (χ3n) is 2.52. The topological polar surface area (TPSA) is 92.4 Å². The van der Waals surface area contributed by atoms with Crippen LogP contribution in [0.15, 0.2) is 18.2 Å². The van der Waals surface area contributed by atoms with E-state index in [1.165, 1.54) is 0 Å². The second kappa shape index (κ2) is 5.45. The highest BCUT2D eigenvalue weighted by molar-refractivity contribution is 6.02. The van der Waals surface area contributed by atoms with Crippen molar-refractivity contribution in [2.75, 3.05) is 5.32 Å². The highest BCUT2D eigenvalue weighted by atomic mass is 16.4. The number of nitrogens with two attached hydrogens (primary N) is 1. The number of carboxylic acid groups (broad SMARTS) is 1. The molecule has 0 aromatic heterocycles. The summed E-state index contributed by atoms with van der Waals surface area (Å²) in [7, 11) is 0. The molecule has 0 radical (unpaired) electrons. The molecule has 0 aliphatic heterocycles. The maximum atomic E-state index is 11.6. The first-order chi connectivity index (χ1) is 7.97. The van der Waals surface area contributed by atoms with Gasteiger partial charge in [0.05, 0.1) is 17.3 Å². The average molecular weight is 236 g/mol. The Hall–Kier alpha value is -1.88. The molecule has 0 bridgehead atoms. The van der Waals surface area contributed by atoms with Crippen molar-refractivity contribution in [3.63, 3.8) is 0 Å². The van der Waals surface area contributed by atoms with Crippen molar-refractivity contribution in [1.29, 1.82) is 0 Å². The van der Waals surface area contributed by atoms with Crippen LogP contribution in [0.5, 0.6) is 0 Å². The molecule has 0 spiro atoms. The maximum Gasteiger partial charge on any atom is 0.338 e. The second-order valence-corrected chi connectivity index (χ2v) is 3.81. The summed E-state index contributed by atoms with van der Waals surface area (Å²) >= 11 is 0. The van der Waals surface area contributed by atoms with E-state index in [0.717, 1.165) is 0 Å². The third-order valence-corrected chi connectivity index (χ3v) is 2.52. The van der Waals surface area contributed by atoms with Crippen molar-refractivity contribution in [1.82, 2.24) is 0 Å². The first kappa shape index (κ1) is 13.2. The zero-order valence-electron chi connectivity index (χ0n) is 9.86. The molecule has 92 valence electrons. The fourth-order valence-electron chi connectivity index (χ4n) is 1.47. The molecule has 1 aromatic rings. The SMILES string of the molecule is CCC(N)C(=O)Nc1cccc(C)c1C(=O)O. The van der Waals surface area contributed by atoms with E-state index in [1.807, 2.05) is 0 Å². The lowest BCUT2D eigenvalue weighted by Gasteiger charge is -2.13. The van der Waals surface area contributed by atoms with E-state index < -0.39 is 12.0 Å². The minimum absolute atomic E-state index is 0.101. The number of carboxylic acids is 1. The van der Waals surface area contributed by atoms with Gasteiger partial charge in [-0.15, -0.1) is 0 Å². The molecule has 0 aliphatic carbocycles. The number of nitrogens with one attached hydrogen (secondary N) is 1. The van der Waals surface area contributed by atoms with Gasteiger partial charge in [-0.05, 0) is 25.0 Å². The highest BCUT2D eigenvalue weighted by Crippen LogP contribution is 2.19. The predicted octanol–water partition coefficient (Wildman–Crippen LogP) is 1.37. The monoisotopic (exact) mass is 236 g/mol. The van der Waals surface area contributed by atoms with Gasteiger partial charge in [0.15, 0.2) is 0 Å². The lowest BCUT2D eigenvalue weighted by Crippen LogP contribution is -2.35. The first-order valence-corrected chi connectivity index (χ1v) is 5.36. The smallest absolute Gasteiger partial charge is 0.338 e. The minimum atomic E-state index is -1.07. The van der Waals surface area contributed by atoms with Crippen molar-refractivity contribution in [2.24, 2.45) is 5.73 Å². The van der Waals surface area contributed by atoms with Crippen molar-refractivity contribution >= 4 is 17.6 Å². The number of amides is 1. The van der Waals surface area contributed by atoms with E-state index in [0.29, 0.717) is 12.0 Å². The number of benzene rings is 1. The molecular weight excluding hydrogens is 220 g/mol. The molecule has 0 heterocycles. The zero-order valence-corrected chi connectivity index (χ0v) is 9.86. The fourth-order valence-corrected chi connectivity index (χ4v) is 1.47. The Morgan fingerprint density at radius 2 is 2.12 bits per heavy atom. The summed E-state index contributed by atoms with van der Waals surface area (Å²) in [6.45, 7) is 3.47. The molecule has 0 saturated heterocycles. The van der Waals surface area contributed by atoms with Crippen LogP contribution in [0.4, 0.5) is 5.69 Å². The summed E-state index contributed by atoms with van der Waals surface area (Å²) in [5.74, 6) is -1.44. The van der Waals surface area contributed by atoms with Gasteiger partial charge < -0.3 is 16.2 Å². The van der Waals surface area contributed by atoms with E-state index in [-0.39, 0.29) is 17.2 Å². The predicted molar refractivity (Wildman–Crippen MR) is 65.0 cm³/mol. The molecule has 5 heteroatoms. The number of hydrogen-bond donors (Lipinski definition) is 3. The van der Waals surface area contributed by atoms with Crippen molar-refractivity contribution in [3.05, 3.63) is 29.3 Å². The third kappa shape index (κ3) is 3.04. The van der Waals surface area contributed by atoms with Crippen molar-refractivity contribution < 1.29 is 14.7 Å². The molecule has 1 amide bonds. The quantitative estimate of drug-likeness (QED) is 0.736. The van der Waals surface area contributed by atoms with Crippen LogP contribution in [0, 0.1) is 6.92 Å². The molecule has 0 aliphatic rings. The number of anilines is 1. The Morgan fingerprint density at radius 1 is 1.47 bits per heavy atom. The van der Waals surface area contributed by atoms with Gasteiger partial charge in [0.2, 0.25) is 5.91 Å². The molecule has 1 atom stereocenters. The van der Waals surface area contributed by atoms with Crippen LogP contribution >= 0.6 is 0 Å². The van der Waals surface area contributed by atoms with E-state index in [4.69, 9.17) is 10.8 Å². The molecule has 1 rings (SSSR count). The normalized spacial score (nSPS) is 11.9. The lowest BCUT2D eigenvalue weighted by molar-refractivity contribution is -0.117. The van der Waals surface area contributed by atoms with Gasteiger partial charge in [0.25, 0.3) is 0 Å². The number of hydrogen-bond acceptors (Lipinski definition) is 3. The average Bonchev–Trinajstić information content (AvgIpc) is 2.27.